The zero-order valence-electron chi connectivity index (χ0n) is 23.3. The molecule has 0 spiro atoms. The van der Waals surface area contributed by atoms with Gasteiger partial charge in [0.25, 0.3) is 0 Å². The van der Waals surface area contributed by atoms with E-state index in [-0.39, 0.29) is 37.4 Å². The first-order valence-electron chi connectivity index (χ1n) is 13.6. The number of ether oxygens (including phenoxy) is 1. The molecular weight excluding hydrogens is 514 g/mol. The van der Waals surface area contributed by atoms with Crippen molar-refractivity contribution in [2.24, 2.45) is 0 Å². The Kier molecular flexibility index (Phi) is 8.91. The standard InChI is InChI=1S/C29H37N5O6/c1-29(2,3)40-28(39)33-12-8-20-6-7-23(17-21(20)9-13-33)34-16-15-32(27(34)38)14-10-25(35)31-24(18-26(36)37)22-5-4-11-30-19-22/h4-7,11,17,19,24H,8-10,12-16,18H2,1-3H3,(H,31,35)(H,36,37). The maximum absolute atomic E-state index is 13.2. The highest BCUT2D eigenvalue weighted by Crippen LogP contribution is 2.27. The van der Waals surface area contributed by atoms with E-state index in [1.54, 1.807) is 33.0 Å². The summed E-state index contributed by atoms with van der Waals surface area (Å²) in [5.41, 5.74) is 3.11. The van der Waals surface area contributed by atoms with Crippen molar-refractivity contribution in [3.05, 3.63) is 59.4 Å². The highest BCUT2D eigenvalue weighted by Gasteiger charge is 2.31. The number of amides is 4. The zero-order valence-corrected chi connectivity index (χ0v) is 23.3. The number of nitrogens with one attached hydrogen (secondary N) is 1. The summed E-state index contributed by atoms with van der Waals surface area (Å²) in [5, 5.41) is 12.0. The number of rotatable bonds is 8. The van der Waals surface area contributed by atoms with E-state index in [0.29, 0.717) is 44.6 Å². The smallest absolute Gasteiger partial charge is 0.410 e. The minimum absolute atomic E-state index is 0.0562. The molecule has 0 bridgehead atoms. The van der Waals surface area contributed by atoms with Gasteiger partial charge in [0, 0.05) is 57.2 Å². The van der Waals surface area contributed by atoms with Crippen LogP contribution in [0, 0.1) is 0 Å². The van der Waals surface area contributed by atoms with Crippen LogP contribution in [0.3, 0.4) is 0 Å². The number of pyridine rings is 1. The van der Waals surface area contributed by atoms with E-state index in [9.17, 15) is 24.3 Å². The van der Waals surface area contributed by atoms with Crippen molar-refractivity contribution in [1.82, 2.24) is 20.1 Å². The second-order valence-corrected chi connectivity index (χ2v) is 11.1. The summed E-state index contributed by atoms with van der Waals surface area (Å²) in [6, 6.07) is 8.51. The van der Waals surface area contributed by atoms with E-state index in [4.69, 9.17) is 4.74 Å². The lowest BCUT2D eigenvalue weighted by Crippen LogP contribution is -2.38. The summed E-state index contributed by atoms with van der Waals surface area (Å²) in [4.78, 5) is 58.8. The van der Waals surface area contributed by atoms with E-state index in [1.165, 1.54) is 6.20 Å². The highest BCUT2D eigenvalue weighted by molar-refractivity contribution is 5.94. The summed E-state index contributed by atoms with van der Waals surface area (Å²) < 4.78 is 5.53. The van der Waals surface area contributed by atoms with Gasteiger partial charge in [-0.15, -0.1) is 0 Å². The fourth-order valence-corrected chi connectivity index (χ4v) is 4.93. The third-order valence-corrected chi connectivity index (χ3v) is 6.96. The van der Waals surface area contributed by atoms with Gasteiger partial charge in [-0.1, -0.05) is 12.1 Å². The first-order chi connectivity index (χ1) is 19.0. The minimum atomic E-state index is -1.03. The Bertz CT molecular complexity index is 1250. The average molecular weight is 552 g/mol. The van der Waals surface area contributed by atoms with E-state index in [0.717, 1.165) is 16.8 Å². The minimum Gasteiger partial charge on any atom is -0.481 e. The summed E-state index contributed by atoms with van der Waals surface area (Å²) in [6.07, 6.45) is 3.98. The quantitative estimate of drug-likeness (QED) is 0.514. The number of hydrogen-bond donors (Lipinski definition) is 2. The van der Waals surface area contributed by atoms with E-state index in [1.807, 2.05) is 39.0 Å². The molecule has 4 rings (SSSR count). The van der Waals surface area contributed by atoms with Gasteiger partial charge in [0.15, 0.2) is 0 Å². The van der Waals surface area contributed by atoms with Gasteiger partial charge in [0.05, 0.1) is 12.5 Å². The van der Waals surface area contributed by atoms with Crippen LogP contribution in [0.5, 0.6) is 0 Å². The Labute approximate surface area is 234 Å². The molecule has 3 heterocycles. The summed E-state index contributed by atoms with van der Waals surface area (Å²) in [7, 11) is 0. The van der Waals surface area contributed by atoms with Gasteiger partial charge in [-0.2, -0.15) is 0 Å². The number of carboxylic acids is 1. The van der Waals surface area contributed by atoms with Crippen LogP contribution in [-0.2, 0) is 27.2 Å². The van der Waals surface area contributed by atoms with Gasteiger partial charge < -0.3 is 25.0 Å². The van der Waals surface area contributed by atoms with Crippen LogP contribution in [0.4, 0.5) is 15.3 Å². The third-order valence-electron chi connectivity index (χ3n) is 6.96. The second kappa shape index (κ2) is 12.4. The first-order valence-corrected chi connectivity index (χ1v) is 13.6. The van der Waals surface area contributed by atoms with Crippen LogP contribution in [0.25, 0.3) is 0 Å². The molecule has 1 aromatic heterocycles. The maximum atomic E-state index is 13.2. The zero-order chi connectivity index (χ0) is 28.9. The molecular formula is C29H37N5O6. The number of benzene rings is 1. The number of fused-ring (bicyclic) bond motifs is 1. The molecule has 40 heavy (non-hydrogen) atoms. The van der Waals surface area contributed by atoms with Crippen molar-refractivity contribution in [1.29, 1.82) is 0 Å². The molecule has 2 aromatic rings. The average Bonchev–Trinajstić information content (AvgIpc) is 3.12. The first kappa shape index (κ1) is 28.8. The lowest BCUT2D eigenvalue weighted by Gasteiger charge is -2.26. The molecule has 1 atom stereocenters. The Morgan fingerprint density at radius 3 is 2.50 bits per heavy atom. The monoisotopic (exact) mass is 551 g/mol. The summed E-state index contributed by atoms with van der Waals surface area (Å²) in [5.74, 6) is -1.36. The molecule has 2 aliphatic heterocycles. The predicted octanol–water partition coefficient (Wildman–Crippen LogP) is 3.38. The number of carbonyl (C=O) groups is 4. The molecule has 11 heteroatoms. The molecule has 1 fully saturated rings. The molecule has 2 N–H and O–H groups in total. The fourth-order valence-electron chi connectivity index (χ4n) is 4.93. The van der Waals surface area contributed by atoms with Crippen LogP contribution in [0.15, 0.2) is 42.7 Å². The number of nitrogens with zero attached hydrogens (tertiary/aromatic N) is 4. The Morgan fingerprint density at radius 1 is 1.07 bits per heavy atom. The lowest BCUT2D eigenvalue weighted by atomic mass is 10.0. The van der Waals surface area contributed by atoms with Gasteiger partial charge in [0.1, 0.15) is 5.60 Å². The molecule has 1 aromatic carbocycles. The molecule has 0 aliphatic carbocycles. The number of aromatic nitrogens is 1. The van der Waals surface area contributed by atoms with Crippen molar-refractivity contribution in [3.8, 4) is 0 Å². The summed E-state index contributed by atoms with van der Waals surface area (Å²) in [6.45, 7) is 7.89. The van der Waals surface area contributed by atoms with Gasteiger partial charge in [-0.05, 0) is 68.5 Å². The molecule has 2 aliphatic rings. The molecule has 1 saturated heterocycles. The number of urea groups is 1. The molecule has 214 valence electrons. The molecule has 11 nitrogen and oxygen atoms in total. The lowest BCUT2D eigenvalue weighted by molar-refractivity contribution is -0.137. The van der Waals surface area contributed by atoms with Crippen molar-refractivity contribution >= 4 is 29.7 Å². The number of hydrogen-bond acceptors (Lipinski definition) is 6. The van der Waals surface area contributed by atoms with E-state index in [2.05, 4.69) is 10.3 Å². The van der Waals surface area contributed by atoms with Crippen LogP contribution < -0.4 is 10.2 Å². The highest BCUT2D eigenvalue weighted by atomic mass is 16.6. The predicted molar refractivity (Wildman–Crippen MR) is 148 cm³/mol. The van der Waals surface area contributed by atoms with Gasteiger partial charge in [0.2, 0.25) is 5.91 Å². The van der Waals surface area contributed by atoms with Crippen molar-refractivity contribution in [2.75, 3.05) is 37.6 Å². The summed E-state index contributed by atoms with van der Waals surface area (Å²) >= 11 is 0. The van der Waals surface area contributed by atoms with Crippen LogP contribution in [0.2, 0.25) is 0 Å². The molecule has 0 saturated carbocycles. The van der Waals surface area contributed by atoms with Crippen molar-refractivity contribution in [3.63, 3.8) is 0 Å². The Balaban J connectivity index is 1.32. The maximum Gasteiger partial charge on any atom is 0.410 e. The van der Waals surface area contributed by atoms with Crippen LogP contribution in [-0.4, -0.2) is 82.2 Å². The Hall–Kier alpha value is -4.15. The molecule has 0 radical (unpaired) electrons. The number of anilines is 1. The van der Waals surface area contributed by atoms with Crippen LogP contribution >= 0.6 is 0 Å². The van der Waals surface area contributed by atoms with Gasteiger partial charge >= 0.3 is 18.1 Å². The fraction of sp³-hybridized carbons (Fsp3) is 0.483. The van der Waals surface area contributed by atoms with Gasteiger partial charge in [-0.25, -0.2) is 9.59 Å². The third kappa shape index (κ3) is 7.49. The van der Waals surface area contributed by atoms with Gasteiger partial charge in [-0.3, -0.25) is 19.5 Å². The second-order valence-electron chi connectivity index (χ2n) is 11.1. The van der Waals surface area contributed by atoms with Crippen molar-refractivity contribution < 1.29 is 29.0 Å². The molecule has 4 amide bonds. The number of carbonyl (C=O) groups excluding carboxylic acids is 3. The normalized spacial score (nSPS) is 16.3. The van der Waals surface area contributed by atoms with E-state index >= 15 is 0 Å². The topological polar surface area (TPSA) is 132 Å². The van der Waals surface area contributed by atoms with Crippen molar-refractivity contribution in [2.45, 2.75) is 58.1 Å². The number of aliphatic carboxylic acids is 1. The molecule has 1 unspecified atom stereocenters. The number of carboxylic acid groups (broad SMARTS) is 1. The Morgan fingerprint density at radius 2 is 1.82 bits per heavy atom. The van der Waals surface area contributed by atoms with Crippen LogP contribution in [0.1, 0.15) is 56.3 Å². The SMILES string of the molecule is CC(C)(C)OC(=O)N1CCc2ccc(N3CCN(CCC(=O)NC(CC(=O)O)c4cccnc4)C3=O)cc2CC1. The van der Waals surface area contributed by atoms with E-state index < -0.39 is 17.6 Å². The largest absolute Gasteiger partial charge is 0.481 e.